The quantitative estimate of drug-likeness (QED) is 0.748. The van der Waals surface area contributed by atoms with Gasteiger partial charge in [0.1, 0.15) is 11.6 Å². The number of nitrogens with one attached hydrogen (secondary N) is 2. The molecule has 0 radical (unpaired) electrons. The fraction of sp³-hybridized carbons (Fsp3) is 0.524. The molecule has 3 heterocycles. The molecule has 1 amide bonds. The molecule has 2 saturated heterocycles. The van der Waals surface area contributed by atoms with Crippen LogP contribution in [0.4, 0.5) is 4.39 Å². The molecule has 7 heteroatoms. The molecule has 0 saturated carbocycles. The third kappa shape index (κ3) is 4.25. The van der Waals surface area contributed by atoms with Crippen molar-refractivity contribution in [2.24, 2.45) is 5.41 Å². The zero-order chi connectivity index (χ0) is 19.4. The van der Waals surface area contributed by atoms with E-state index in [1.54, 1.807) is 24.5 Å². The Morgan fingerprint density at radius 2 is 2.11 bits per heavy atom. The highest BCUT2D eigenvalue weighted by Gasteiger charge is 2.51. The summed E-state index contributed by atoms with van der Waals surface area (Å²) in [5, 5.41) is 3.07. The van der Waals surface area contributed by atoms with E-state index in [0.29, 0.717) is 44.1 Å². The van der Waals surface area contributed by atoms with Crippen molar-refractivity contribution in [3.63, 3.8) is 0 Å². The van der Waals surface area contributed by atoms with E-state index in [0.717, 1.165) is 5.82 Å². The fourth-order valence-corrected chi connectivity index (χ4v) is 5.38. The zero-order valence-electron chi connectivity index (χ0n) is 16.0. The number of nitrogens with zero attached hydrogens (tertiary/aromatic N) is 2. The van der Waals surface area contributed by atoms with Crippen molar-refractivity contribution >= 4 is 17.7 Å². The highest BCUT2D eigenvalue weighted by Crippen LogP contribution is 2.39. The van der Waals surface area contributed by atoms with Crippen LogP contribution in [0.2, 0.25) is 0 Å². The van der Waals surface area contributed by atoms with E-state index >= 15 is 0 Å². The van der Waals surface area contributed by atoms with Crippen molar-refractivity contribution in [2.45, 2.75) is 31.7 Å². The average Bonchev–Trinajstić information content (AvgIpc) is 3.20. The van der Waals surface area contributed by atoms with Crippen LogP contribution in [0.1, 0.15) is 24.2 Å². The van der Waals surface area contributed by atoms with Crippen LogP contribution in [0.5, 0.6) is 0 Å². The van der Waals surface area contributed by atoms with E-state index in [1.807, 2.05) is 17.8 Å². The number of carbonyl (C=O) groups excluding carboxylic acids is 1. The molecule has 0 aliphatic carbocycles. The predicted molar refractivity (Wildman–Crippen MR) is 110 cm³/mol. The molecule has 0 spiro atoms. The van der Waals surface area contributed by atoms with Crippen LogP contribution in [0, 0.1) is 11.2 Å². The third-order valence-electron chi connectivity index (χ3n) is 5.89. The van der Waals surface area contributed by atoms with Gasteiger partial charge in [-0.3, -0.25) is 9.69 Å². The number of imidazole rings is 1. The van der Waals surface area contributed by atoms with Gasteiger partial charge in [-0.15, -0.1) is 0 Å². The summed E-state index contributed by atoms with van der Waals surface area (Å²) in [4.78, 5) is 22.8. The van der Waals surface area contributed by atoms with Gasteiger partial charge in [0.2, 0.25) is 5.91 Å². The lowest BCUT2D eigenvalue weighted by Crippen LogP contribution is -2.67. The number of H-pyrrole nitrogens is 1. The largest absolute Gasteiger partial charge is 0.355 e. The summed E-state index contributed by atoms with van der Waals surface area (Å²) in [5.74, 6) is 3.05. The molecule has 2 fully saturated rings. The molecule has 4 rings (SSSR count). The SMILES string of the molecule is O=C(NCCc1ncc[nH]1)C1(Cc2ccccc2F)CN(C2CCSCC2)C1. The standard InChI is InChI=1S/C21H27FN4OS/c22-18-4-2-1-3-16(18)13-21(14-26(15-21)17-6-11-28-12-7-17)20(27)25-8-5-19-23-9-10-24-19/h1-4,9-10,17H,5-8,11-15H2,(H,23,24)(H,25,27). The Hall–Kier alpha value is -1.86. The number of aromatic nitrogens is 2. The molecule has 2 aliphatic heterocycles. The summed E-state index contributed by atoms with van der Waals surface area (Å²) >= 11 is 2.01. The van der Waals surface area contributed by atoms with Crippen LogP contribution >= 0.6 is 11.8 Å². The molecule has 28 heavy (non-hydrogen) atoms. The highest BCUT2D eigenvalue weighted by molar-refractivity contribution is 7.99. The van der Waals surface area contributed by atoms with Crippen molar-refractivity contribution in [1.82, 2.24) is 20.2 Å². The molecule has 0 bridgehead atoms. The first-order valence-electron chi connectivity index (χ1n) is 9.98. The second-order valence-corrected chi connectivity index (χ2v) is 9.06. The number of carbonyl (C=O) groups is 1. The maximum absolute atomic E-state index is 14.3. The highest BCUT2D eigenvalue weighted by atomic mass is 32.2. The molecular weight excluding hydrogens is 375 g/mol. The lowest BCUT2D eigenvalue weighted by atomic mass is 9.72. The zero-order valence-corrected chi connectivity index (χ0v) is 16.8. The summed E-state index contributed by atoms with van der Waals surface area (Å²) in [7, 11) is 0. The minimum absolute atomic E-state index is 0.0312. The molecule has 5 nitrogen and oxygen atoms in total. The van der Waals surface area contributed by atoms with E-state index in [1.165, 1.54) is 30.4 Å². The second kappa shape index (κ2) is 8.66. The van der Waals surface area contributed by atoms with Gasteiger partial charge in [0.25, 0.3) is 0 Å². The summed E-state index contributed by atoms with van der Waals surface area (Å²) in [6, 6.07) is 7.38. The number of benzene rings is 1. The van der Waals surface area contributed by atoms with Gasteiger partial charge in [-0.25, -0.2) is 9.37 Å². The number of rotatable bonds is 7. The first-order chi connectivity index (χ1) is 13.7. The Morgan fingerprint density at radius 1 is 1.32 bits per heavy atom. The van der Waals surface area contributed by atoms with Crippen LogP contribution in [0.15, 0.2) is 36.7 Å². The van der Waals surface area contributed by atoms with Crippen LogP contribution in [0.25, 0.3) is 0 Å². The maximum atomic E-state index is 14.3. The van der Waals surface area contributed by atoms with Crippen molar-refractivity contribution in [1.29, 1.82) is 0 Å². The molecule has 0 unspecified atom stereocenters. The van der Waals surface area contributed by atoms with Gasteiger partial charge < -0.3 is 10.3 Å². The molecule has 1 aromatic carbocycles. The number of hydrogen-bond acceptors (Lipinski definition) is 4. The molecule has 2 aliphatic rings. The smallest absolute Gasteiger partial charge is 0.229 e. The minimum Gasteiger partial charge on any atom is -0.355 e. The Balaban J connectivity index is 1.42. The van der Waals surface area contributed by atoms with Crippen LogP contribution in [-0.2, 0) is 17.6 Å². The van der Waals surface area contributed by atoms with Crippen LogP contribution in [-0.4, -0.2) is 58.0 Å². The Kier molecular flexibility index (Phi) is 6.01. The number of amides is 1. The van der Waals surface area contributed by atoms with Crippen molar-refractivity contribution < 1.29 is 9.18 Å². The number of aromatic amines is 1. The summed E-state index contributed by atoms with van der Waals surface area (Å²) < 4.78 is 14.3. The Labute approximate surface area is 169 Å². The molecule has 0 atom stereocenters. The third-order valence-corrected chi connectivity index (χ3v) is 6.94. The Bertz CT molecular complexity index is 785. The number of hydrogen-bond donors (Lipinski definition) is 2. The lowest BCUT2D eigenvalue weighted by Gasteiger charge is -2.53. The average molecular weight is 403 g/mol. The summed E-state index contributed by atoms with van der Waals surface area (Å²) in [5.41, 5.74) is 0.0817. The van der Waals surface area contributed by atoms with Crippen molar-refractivity contribution in [3.8, 4) is 0 Å². The van der Waals surface area contributed by atoms with E-state index in [2.05, 4.69) is 20.2 Å². The monoisotopic (exact) mass is 402 g/mol. The number of halogens is 1. The number of thioether (sulfide) groups is 1. The molecular formula is C21H27FN4OS. The van der Waals surface area contributed by atoms with Crippen molar-refractivity contribution in [3.05, 3.63) is 53.9 Å². The second-order valence-electron chi connectivity index (χ2n) is 7.84. The van der Waals surface area contributed by atoms with Crippen molar-refractivity contribution in [2.75, 3.05) is 31.1 Å². The summed E-state index contributed by atoms with van der Waals surface area (Å²) in [6.45, 7) is 1.96. The van der Waals surface area contributed by atoms with Gasteiger partial charge in [0, 0.05) is 44.5 Å². The molecule has 150 valence electrons. The first kappa shape index (κ1) is 19.5. The van der Waals surface area contributed by atoms with Gasteiger partial charge in [-0.05, 0) is 42.4 Å². The van der Waals surface area contributed by atoms with E-state index in [4.69, 9.17) is 0 Å². The predicted octanol–water partition coefficient (Wildman–Crippen LogP) is 2.65. The van der Waals surface area contributed by atoms with Gasteiger partial charge in [0.05, 0.1) is 5.41 Å². The minimum atomic E-state index is -0.546. The van der Waals surface area contributed by atoms with Gasteiger partial charge in [-0.1, -0.05) is 18.2 Å². The summed E-state index contributed by atoms with van der Waals surface area (Å²) in [6.07, 6.45) is 6.97. The van der Waals surface area contributed by atoms with Gasteiger partial charge in [-0.2, -0.15) is 11.8 Å². The lowest BCUT2D eigenvalue weighted by molar-refractivity contribution is -0.144. The fourth-order valence-electron chi connectivity index (χ4n) is 4.30. The molecule has 1 aromatic heterocycles. The van der Waals surface area contributed by atoms with E-state index in [-0.39, 0.29) is 11.7 Å². The topological polar surface area (TPSA) is 61.0 Å². The van der Waals surface area contributed by atoms with Crippen LogP contribution < -0.4 is 5.32 Å². The number of likely N-dealkylation sites (tertiary alicyclic amines) is 1. The molecule has 2 aromatic rings. The van der Waals surface area contributed by atoms with E-state index < -0.39 is 5.41 Å². The van der Waals surface area contributed by atoms with Crippen LogP contribution in [0.3, 0.4) is 0 Å². The van der Waals surface area contributed by atoms with Gasteiger partial charge >= 0.3 is 0 Å². The molecule has 2 N–H and O–H groups in total. The maximum Gasteiger partial charge on any atom is 0.229 e. The first-order valence-corrected chi connectivity index (χ1v) is 11.1. The normalized spacial score (nSPS) is 19.9. The van der Waals surface area contributed by atoms with Gasteiger partial charge in [0.15, 0.2) is 0 Å². The van der Waals surface area contributed by atoms with E-state index in [9.17, 15) is 9.18 Å². The Morgan fingerprint density at radius 3 is 2.82 bits per heavy atom.